The fraction of sp³-hybridized carbons (Fsp3) is 0.0667. The Bertz CT molecular complexity index is 485. The van der Waals surface area contributed by atoms with Gasteiger partial charge < -0.3 is 4.74 Å². The van der Waals surface area contributed by atoms with Gasteiger partial charge in [-0.2, -0.15) is 0 Å². The first kappa shape index (κ1) is 12.2. The minimum absolute atomic E-state index is 0.0973. The zero-order valence-corrected chi connectivity index (χ0v) is 11.8. The maximum Gasteiger partial charge on any atom is 0.357 e. The average molecular weight is 337 g/mol. The van der Waals surface area contributed by atoms with Gasteiger partial charge in [0.05, 0.1) is 7.11 Å². The van der Waals surface area contributed by atoms with Gasteiger partial charge in [0.15, 0.2) is 7.14 Å². The van der Waals surface area contributed by atoms with Crippen LogP contribution in [-0.2, 0) is 0 Å². The highest BCUT2D eigenvalue weighted by atomic mass is 127. The molecule has 0 aliphatic rings. The first-order valence-corrected chi connectivity index (χ1v) is 7.49. The third-order valence-electron chi connectivity index (χ3n) is 2.37. The number of rotatable bonds is 4. The van der Waals surface area contributed by atoms with Crippen molar-refractivity contribution in [3.8, 4) is 5.75 Å². The summed E-state index contributed by atoms with van der Waals surface area (Å²) in [5.74, 6) is 0.916. The highest BCUT2D eigenvalue weighted by Crippen LogP contribution is 2.06. The fourth-order valence-corrected chi connectivity index (χ4v) is 3.58. The molecule has 0 bridgehead atoms. The van der Waals surface area contributed by atoms with E-state index in [1.54, 1.807) is 7.11 Å². The first-order valence-electron chi connectivity index (χ1n) is 5.33. The van der Waals surface area contributed by atoms with Crippen LogP contribution in [0.1, 0.15) is 5.56 Å². The van der Waals surface area contributed by atoms with Crippen LogP contribution in [0.5, 0.6) is 5.75 Å². The average Bonchev–Trinajstić information content (AvgIpc) is 2.40. The molecule has 0 heterocycles. The summed E-state index contributed by atoms with van der Waals surface area (Å²) in [6.45, 7) is 3.76. The van der Waals surface area contributed by atoms with Crippen molar-refractivity contribution in [2.75, 3.05) is 7.11 Å². The SMILES string of the molecule is C=Cc1ccc([I+]c2ccc(OC)cc2)cc1. The predicted molar refractivity (Wildman–Crippen MR) is 66.9 cm³/mol. The molecule has 0 unspecified atom stereocenters. The lowest BCUT2D eigenvalue weighted by atomic mass is 10.2. The zero-order chi connectivity index (χ0) is 12.1. The first-order chi connectivity index (χ1) is 8.31. The molecule has 0 amide bonds. The van der Waals surface area contributed by atoms with E-state index in [1.165, 1.54) is 12.7 Å². The van der Waals surface area contributed by atoms with E-state index in [-0.39, 0.29) is 21.2 Å². The summed E-state index contributed by atoms with van der Waals surface area (Å²) in [6.07, 6.45) is 1.87. The summed E-state index contributed by atoms with van der Waals surface area (Å²) in [4.78, 5) is 0. The molecule has 2 rings (SSSR count). The van der Waals surface area contributed by atoms with E-state index in [4.69, 9.17) is 4.74 Å². The molecule has 0 fully saturated rings. The van der Waals surface area contributed by atoms with Gasteiger partial charge in [-0.1, -0.05) is 24.8 Å². The molecule has 0 saturated carbocycles. The summed E-state index contributed by atoms with van der Waals surface area (Å²) >= 11 is -0.0973. The van der Waals surface area contributed by atoms with E-state index in [2.05, 4.69) is 43.0 Å². The lowest BCUT2D eigenvalue weighted by Crippen LogP contribution is -3.61. The van der Waals surface area contributed by atoms with Crippen LogP contribution in [0.25, 0.3) is 6.08 Å². The van der Waals surface area contributed by atoms with Crippen LogP contribution < -0.4 is 25.9 Å². The summed E-state index contributed by atoms with van der Waals surface area (Å²) in [6, 6.07) is 16.9. The standard InChI is InChI=1S/C15H14IO/c1-3-12-4-6-13(7-5-12)16-14-8-10-15(17-2)11-9-14/h3-11H,1H2,2H3/q+1. The predicted octanol–water partition coefficient (Wildman–Crippen LogP) is 0.467. The molecule has 2 heteroatoms. The largest absolute Gasteiger partial charge is 0.497 e. The number of hydrogen-bond acceptors (Lipinski definition) is 1. The van der Waals surface area contributed by atoms with Crippen molar-refractivity contribution in [2.45, 2.75) is 0 Å². The maximum atomic E-state index is 5.15. The Kier molecular flexibility index (Phi) is 4.20. The van der Waals surface area contributed by atoms with Gasteiger partial charge in [-0.3, -0.25) is 0 Å². The molecule has 17 heavy (non-hydrogen) atoms. The molecule has 0 aromatic heterocycles. The number of benzene rings is 2. The van der Waals surface area contributed by atoms with Gasteiger partial charge in [-0.05, 0) is 42.0 Å². The Morgan fingerprint density at radius 2 is 1.47 bits per heavy atom. The van der Waals surface area contributed by atoms with Crippen molar-refractivity contribution in [1.29, 1.82) is 0 Å². The van der Waals surface area contributed by atoms with Crippen LogP contribution >= 0.6 is 0 Å². The van der Waals surface area contributed by atoms with Crippen molar-refractivity contribution in [1.82, 2.24) is 0 Å². The van der Waals surface area contributed by atoms with Gasteiger partial charge in [-0.15, -0.1) is 0 Å². The Balaban J connectivity index is 2.10. The highest BCUT2D eigenvalue weighted by Gasteiger charge is 2.14. The van der Waals surface area contributed by atoms with Crippen molar-refractivity contribution >= 4 is 6.08 Å². The van der Waals surface area contributed by atoms with E-state index < -0.39 is 0 Å². The van der Waals surface area contributed by atoms with E-state index in [1.807, 2.05) is 18.2 Å². The van der Waals surface area contributed by atoms with Crippen molar-refractivity contribution < 1.29 is 25.9 Å². The maximum absolute atomic E-state index is 5.15. The molecule has 2 aromatic rings. The van der Waals surface area contributed by atoms with Gasteiger partial charge in [0, 0.05) is 0 Å². The number of ether oxygens (including phenoxy) is 1. The van der Waals surface area contributed by atoms with Crippen LogP contribution in [0, 0.1) is 7.14 Å². The van der Waals surface area contributed by atoms with Crippen molar-refractivity contribution in [2.24, 2.45) is 0 Å². The van der Waals surface area contributed by atoms with Crippen LogP contribution in [0.3, 0.4) is 0 Å². The summed E-state index contributed by atoms with van der Waals surface area (Å²) in [5, 5.41) is 0. The van der Waals surface area contributed by atoms with Crippen LogP contribution in [0.15, 0.2) is 55.1 Å². The van der Waals surface area contributed by atoms with E-state index in [9.17, 15) is 0 Å². The molecule has 1 nitrogen and oxygen atoms in total. The number of halogens is 1. The molecule has 0 saturated heterocycles. The Labute approximate surface area is 112 Å². The molecular formula is C15H14IO+. The van der Waals surface area contributed by atoms with Gasteiger partial charge in [0.25, 0.3) is 0 Å². The minimum atomic E-state index is -0.0973. The van der Waals surface area contributed by atoms with E-state index in [0.717, 1.165) is 5.75 Å². The zero-order valence-electron chi connectivity index (χ0n) is 9.69. The van der Waals surface area contributed by atoms with Crippen LogP contribution in [-0.4, -0.2) is 7.11 Å². The van der Waals surface area contributed by atoms with Crippen molar-refractivity contribution in [3.63, 3.8) is 0 Å². The van der Waals surface area contributed by atoms with E-state index >= 15 is 0 Å². The van der Waals surface area contributed by atoms with E-state index in [0.29, 0.717) is 0 Å². The van der Waals surface area contributed by atoms with Crippen LogP contribution in [0.4, 0.5) is 0 Å². The Morgan fingerprint density at radius 1 is 0.941 bits per heavy atom. The molecule has 0 aliphatic heterocycles. The van der Waals surface area contributed by atoms with Gasteiger partial charge >= 0.3 is 21.2 Å². The molecule has 86 valence electrons. The summed E-state index contributed by atoms with van der Waals surface area (Å²) in [7, 11) is 1.69. The monoisotopic (exact) mass is 337 g/mol. The third-order valence-corrected chi connectivity index (χ3v) is 5.06. The normalized spacial score (nSPS) is 9.94. The van der Waals surface area contributed by atoms with Gasteiger partial charge in [0.2, 0.25) is 0 Å². The third kappa shape index (κ3) is 3.33. The van der Waals surface area contributed by atoms with Gasteiger partial charge in [0.1, 0.15) is 5.75 Å². The number of methoxy groups -OCH3 is 1. The summed E-state index contributed by atoms with van der Waals surface area (Å²) < 4.78 is 7.97. The minimum Gasteiger partial charge on any atom is -0.497 e. The van der Waals surface area contributed by atoms with Crippen molar-refractivity contribution in [3.05, 3.63) is 67.8 Å². The lowest BCUT2D eigenvalue weighted by molar-refractivity contribution is -0.597. The fourth-order valence-electron chi connectivity index (χ4n) is 1.42. The lowest BCUT2D eigenvalue weighted by Gasteiger charge is -1.96. The Morgan fingerprint density at radius 3 is 1.94 bits per heavy atom. The molecule has 0 N–H and O–H groups in total. The molecule has 0 aliphatic carbocycles. The second kappa shape index (κ2) is 5.87. The summed E-state index contributed by atoms with van der Waals surface area (Å²) in [5.41, 5.74) is 1.17. The smallest absolute Gasteiger partial charge is 0.357 e. The number of hydrogen-bond donors (Lipinski definition) is 0. The van der Waals surface area contributed by atoms with Gasteiger partial charge in [-0.25, -0.2) is 0 Å². The second-order valence-electron chi connectivity index (χ2n) is 3.51. The second-order valence-corrected chi connectivity index (χ2v) is 6.54. The quantitative estimate of drug-likeness (QED) is 0.737. The molecule has 0 radical (unpaired) electrons. The molecular weight excluding hydrogens is 323 g/mol. The highest BCUT2D eigenvalue weighted by molar-refractivity contribution is 5.45. The molecule has 2 aromatic carbocycles. The Hall–Kier alpha value is -1.29. The molecule has 0 spiro atoms. The van der Waals surface area contributed by atoms with Crippen LogP contribution in [0.2, 0.25) is 0 Å². The topological polar surface area (TPSA) is 9.23 Å². The molecule has 0 atom stereocenters.